The van der Waals surface area contributed by atoms with Crippen molar-refractivity contribution in [3.63, 3.8) is 0 Å². The minimum absolute atomic E-state index is 0.154. The summed E-state index contributed by atoms with van der Waals surface area (Å²) >= 11 is 0. The van der Waals surface area contributed by atoms with Gasteiger partial charge in [-0.05, 0) is 30.6 Å². The Hall–Kier alpha value is -1.22. The van der Waals surface area contributed by atoms with Crippen molar-refractivity contribution in [1.82, 2.24) is 0 Å². The van der Waals surface area contributed by atoms with Gasteiger partial charge in [0.25, 0.3) is 0 Å². The van der Waals surface area contributed by atoms with Crippen LogP contribution >= 0.6 is 0 Å². The number of aromatic hydroxyl groups is 2. The van der Waals surface area contributed by atoms with E-state index in [0.29, 0.717) is 5.56 Å². The summed E-state index contributed by atoms with van der Waals surface area (Å²) in [6.45, 7) is -1.00. The maximum atomic E-state index is 9.13. The summed E-state index contributed by atoms with van der Waals surface area (Å²) in [6.07, 6.45) is 0.154. The van der Waals surface area contributed by atoms with Crippen LogP contribution in [0.1, 0.15) is 6.93 Å². The first-order valence-corrected chi connectivity index (χ1v) is 3.21. The molecule has 11 heavy (non-hydrogen) atoms. The minimum atomic E-state index is -1.00. The molecule has 0 saturated heterocycles. The lowest BCUT2D eigenvalue weighted by Gasteiger charge is -2.00. The van der Waals surface area contributed by atoms with Crippen molar-refractivity contribution in [2.24, 2.45) is 5.72 Å². The largest absolute Gasteiger partial charge is 0.504 e. The molecule has 1 aromatic rings. The van der Waals surface area contributed by atoms with Crippen molar-refractivity contribution in [2.75, 3.05) is 6.52 Å². The van der Waals surface area contributed by atoms with Gasteiger partial charge in [-0.25, -0.2) is 0 Å². The first-order chi connectivity index (χ1) is 6.50. The molecular weight excluding hydrogens is 142 g/mol. The van der Waals surface area contributed by atoms with Crippen molar-refractivity contribution in [2.45, 2.75) is 6.42 Å². The molecule has 0 amide bonds. The van der Waals surface area contributed by atoms with Crippen molar-refractivity contribution in [3.05, 3.63) is 23.8 Å². The molecule has 4 N–H and O–H groups in total. The lowest BCUT2D eigenvalue weighted by molar-refractivity contribution is 0.403. The Labute approximate surface area is 69.4 Å². The summed E-state index contributed by atoms with van der Waals surface area (Å²) in [5, 5.41) is 18.1. The number of hydrogen-bond donors (Lipinski definition) is 3. The van der Waals surface area contributed by atoms with Crippen LogP contribution in [0, 0.1) is 0 Å². The van der Waals surface area contributed by atoms with Crippen LogP contribution in [0.25, 0.3) is 0 Å². The van der Waals surface area contributed by atoms with E-state index in [4.69, 9.17) is 14.4 Å². The molecule has 0 saturated carbocycles. The Kier molecular flexibility index (Phi) is 1.37. The zero-order valence-electron chi connectivity index (χ0n) is 8.86. The molecule has 0 heterocycles. The molecule has 0 aliphatic rings. The van der Waals surface area contributed by atoms with Gasteiger partial charge >= 0.3 is 0 Å². The van der Waals surface area contributed by atoms with E-state index >= 15 is 0 Å². The predicted octanol–water partition coefficient (Wildman–Crippen LogP) is 0.599. The molecule has 1 aromatic carbocycles. The Morgan fingerprint density at radius 1 is 1.45 bits per heavy atom. The van der Waals surface area contributed by atoms with Crippen LogP contribution in [0.3, 0.4) is 0 Å². The minimum Gasteiger partial charge on any atom is -0.504 e. The average Bonchev–Trinajstić information content (AvgIpc) is 2.11. The molecule has 1 rings (SSSR count). The van der Waals surface area contributed by atoms with Crippen LogP contribution in [-0.2, 0) is 6.42 Å². The number of benzene rings is 1. The Morgan fingerprint density at radius 2 is 2.27 bits per heavy atom. The van der Waals surface area contributed by atoms with Crippen molar-refractivity contribution in [1.29, 1.82) is 0 Å². The smallest absolute Gasteiger partial charge is 0.157 e. The van der Waals surface area contributed by atoms with E-state index in [9.17, 15) is 0 Å². The van der Waals surface area contributed by atoms with Gasteiger partial charge in [0, 0.05) is 1.37 Å². The van der Waals surface area contributed by atoms with Gasteiger partial charge in [0.2, 0.25) is 0 Å². The Morgan fingerprint density at radius 3 is 2.91 bits per heavy atom. The second-order valence-electron chi connectivity index (χ2n) is 2.21. The summed E-state index contributed by atoms with van der Waals surface area (Å²) in [5.41, 5.74) is 0.883. The molecule has 1 unspecified atom stereocenters. The fourth-order valence-corrected chi connectivity index (χ4v) is 0.801. The quantitative estimate of drug-likeness (QED) is 0.561. The van der Waals surface area contributed by atoms with Gasteiger partial charge in [0.05, 0.1) is 0 Å². The first-order valence-electron chi connectivity index (χ1n) is 4.68. The van der Waals surface area contributed by atoms with E-state index < -0.39 is 6.52 Å². The number of aryl methyl sites for hydroxylation is 1. The summed E-state index contributed by atoms with van der Waals surface area (Å²) in [5.74, 6) is -0.472. The molecule has 60 valence electrons. The van der Waals surface area contributed by atoms with Crippen LogP contribution in [0.5, 0.6) is 11.5 Å². The van der Waals surface area contributed by atoms with E-state index in [1.54, 1.807) is 6.07 Å². The maximum absolute atomic E-state index is 9.13. The maximum Gasteiger partial charge on any atom is 0.157 e. The highest BCUT2D eigenvalue weighted by molar-refractivity contribution is 5.40. The van der Waals surface area contributed by atoms with Crippen molar-refractivity contribution < 1.29 is 14.4 Å². The Bertz CT molecular complexity index is 319. The summed E-state index contributed by atoms with van der Waals surface area (Å²) < 4.78 is 21.0. The number of phenols is 2. The van der Waals surface area contributed by atoms with Gasteiger partial charge in [-0.15, -0.1) is 0 Å². The summed E-state index contributed by atoms with van der Waals surface area (Å²) in [4.78, 5) is 0. The van der Waals surface area contributed by atoms with Gasteiger partial charge in [0.15, 0.2) is 11.5 Å². The standard InChI is InChI=1S/C8H11NO2/c9-4-3-6-1-2-7(10)8(11)5-6/h1-2,5,10-11H,3-4,9H2/i4D/hD2. The van der Waals surface area contributed by atoms with Crippen molar-refractivity contribution in [3.8, 4) is 11.5 Å². The van der Waals surface area contributed by atoms with Crippen LogP contribution < -0.4 is 5.72 Å². The van der Waals surface area contributed by atoms with Crippen LogP contribution in [0.15, 0.2) is 18.2 Å². The van der Waals surface area contributed by atoms with E-state index in [0.717, 1.165) is 0 Å². The average molecular weight is 156 g/mol. The normalized spacial score (nSPS) is 17.0. The van der Waals surface area contributed by atoms with Crippen LogP contribution in [-0.4, -0.2) is 16.7 Å². The van der Waals surface area contributed by atoms with Crippen LogP contribution in [0.2, 0.25) is 2.82 Å². The van der Waals surface area contributed by atoms with Gasteiger partial charge in [-0.3, -0.25) is 0 Å². The molecule has 0 bridgehead atoms. The van der Waals surface area contributed by atoms with E-state index in [2.05, 4.69) is 0 Å². The van der Waals surface area contributed by atoms with E-state index in [1.807, 2.05) is 0 Å². The second-order valence-corrected chi connectivity index (χ2v) is 2.21. The molecule has 1 atom stereocenters. The SMILES string of the molecule is [2H]C(Cc1ccc(O)c(O)c1)N([2H])[2H]. The number of rotatable bonds is 3. The summed E-state index contributed by atoms with van der Waals surface area (Å²) in [6, 6.07) is 4.18. The van der Waals surface area contributed by atoms with Gasteiger partial charge in [0.1, 0.15) is 2.82 Å². The predicted molar refractivity (Wildman–Crippen MR) is 42.5 cm³/mol. The second kappa shape index (κ2) is 3.25. The highest BCUT2D eigenvalue weighted by Gasteiger charge is 1.98. The third-order valence-electron chi connectivity index (χ3n) is 1.37. The van der Waals surface area contributed by atoms with Crippen LogP contribution in [0.4, 0.5) is 0 Å². The molecular formula is C8H11NO2. The molecule has 0 aliphatic carbocycles. The van der Waals surface area contributed by atoms with E-state index in [-0.39, 0.29) is 23.6 Å². The lowest BCUT2D eigenvalue weighted by Crippen LogP contribution is -2.02. The third kappa shape index (κ3) is 1.85. The highest BCUT2D eigenvalue weighted by Crippen LogP contribution is 2.24. The fraction of sp³-hybridized carbons (Fsp3) is 0.250. The van der Waals surface area contributed by atoms with Gasteiger partial charge < -0.3 is 15.9 Å². The molecule has 3 heteroatoms. The molecule has 0 radical (unpaired) electrons. The monoisotopic (exact) mass is 156 g/mol. The molecule has 0 aromatic heterocycles. The fourth-order valence-electron chi connectivity index (χ4n) is 0.801. The van der Waals surface area contributed by atoms with E-state index in [1.165, 1.54) is 12.1 Å². The van der Waals surface area contributed by atoms with Gasteiger partial charge in [-0.2, -0.15) is 0 Å². The number of nitrogens with two attached hydrogens (primary N) is 1. The van der Waals surface area contributed by atoms with Gasteiger partial charge in [-0.1, -0.05) is 6.07 Å². The zero-order valence-corrected chi connectivity index (χ0v) is 5.86. The molecule has 0 spiro atoms. The Balaban J connectivity index is 2.73. The lowest BCUT2D eigenvalue weighted by atomic mass is 10.1. The van der Waals surface area contributed by atoms with Crippen molar-refractivity contribution >= 4 is 0 Å². The third-order valence-corrected chi connectivity index (χ3v) is 1.37. The molecule has 0 aliphatic heterocycles. The first kappa shape index (κ1) is 4.62. The summed E-state index contributed by atoms with van der Waals surface area (Å²) in [7, 11) is 0. The zero-order chi connectivity index (χ0) is 10.7. The topological polar surface area (TPSA) is 66.5 Å². The number of hydrogen-bond acceptors (Lipinski definition) is 3. The molecule has 0 fully saturated rings. The number of phenolic OH excluding ortho intramolecular Hbond substituents is 2. The molecule has 3 nitrogen and oxygen atoms in total. The highest BCUT2D eigenvalue weighted by atomic mass is 16.3.